The minimum absolute atomic E-state index is 0.0202. The normalized spacial score (nSPS) is 11.4. The number of benzene rings is 3. The topological polar surface area (TPSA) is 60.9 Å². The molecule has 0 fully saturated rings. The predicted molar refractivity (Wildman–Crippen MR) is 121 cm³/mol. The van der Waals surface area contributed by atoms with Gasteiger partial charge >= 0.3 is 0 Å². The first-order valence-electron chi connectivity index (χ1n) is 9.79. The second-order valence-electron chi connectivity index (χ2n) is 6.93. The lowest BCUT2D eigenvalue weighted by Crippen LogP contribution is -2.22. The summed E-state index contributed by atoms with van der Waals surface area (Å²) in [5.41, 5.74) is 1.68. The number of aromatic nitrogens is 3. The quantitative estimate of drug-likeness (QED) is 0.216. The third-order valence-electron chi connectivity index (χ3n) is 5.04. The molecule has 0 spiro atoms. The summed E-state index contributed by atoms with van der Waals surface area (Å²) in [6, 6.07) is 21.8. The van der Waals surface area contributed by atoms with Crippen molar-refractivity contribution in [3.05, 3.63) is 89.2 Å². The molecule has 0 N–H and O–H groups in total. The van der Waals surface area contributed by atoms with Gasteiger partial charge in [0.15, 0.2) is 10.9 Å². The first-order chi connectivity index (χ1) is 14.7. The van der Waals surface area contributed by atoms with E-state index in [1.54, 1.807) is 10.8 Å². The van der Waals surface area contributed by atoms with E-state index < -0.39 is 0 Å². The molecule has 3 aromatic carbocycles. The highest BCUT2D eigenvalue weighted by Gasteiger charge is 2.13. The smallest absolute Gasteiger partial charge is 0.262 e. The van der Waals surface area contributed by atoms with Crippen LogP contribution >= 0.6 is 11.8 Å². The van der Waals surface area contributed by atoms with E-state index in [1.807, 2.05) is 73.7 Å². The molecule has 0 aliphatic rings. The average Bonchev–Trinajstić information content (AvgIpc) is 3.26. The lowest BCUT2D eigenvalue weighted by molar-refractivity contribution is 0.529. The molecule has 0 bridgehead atoms. The van der Waals surface area contributed by atoms with Crippen LogP contribution in [0, 0.1) is 0 Å². The minimum Gasteiger partial charge on any atom is -0.440 e. The number of nitrogens with zero attached hydrogens (tertiary/aromatic N) is 3. The van der Waals surface area contributed by atoms with Gasteiger partial charge in [-0.25, -0.2) is 9.97 Å². The molecule has 5 rings (SSSR count). The largest absolute Gasteiger partial charge is 0.440 e. The lowest BCUT2D eigenvalue weighted by Gasteiger charge is -2.11. The van der Waals surface area contributed by atoms with E-state index in [2.05, 4.69) is 4.98 Å². The molecule has 0 saturated carbocycles. The third kappa shape index (κ3) is 3.39. The SMILES string of the molecule is CCn1c(SCc2ncc(-c3ccccc3)o2)nc2cc3ccccc3cc2c1=O. The highest BCUT2D eigenvalue weighted by molar-refractivity contribution is 7.98. The summed E-state index contributed by atoms with van der Waals surface area (Å²) >= 11 is 1.46. The molecule has 2 heterocycles. The number of rotatable bonds is 5. The first kappa shape index (κ1) is 18.6. The third-order valence-corrected chi connectivity index (χ3v) is 6.00. The van der Waals surface area contributed by atoms with Crippen LogP contribution in [0.1, 0.15) is 12.8 Å². The van der Waals surface area contributed by atoms with Gasteiger partial charge in [-0.15, -0.1) is 0 Å². The maximum Gasteiger partial charge on any atom is 0.262 e. The number of thioether (sulfide) groups is 1. The van der Waals surface area contributed by atoms with E-state index in [9.17, 15) is 4.79 Å². The van der Waals surface area contributed by atoms with Gasteiger partial charge in [0, 0.05) is 12.1 Å². The van der Waals surface area contributed by atoms with Crippen molar-refractivity contribution in [1.82, 2.24) is 14.5 Å². The second kappa shape index (κ2) is 7.80. The molecule has 0 radical (unpaired) electrons. The van der Waals surface area contributed by atoms with Crippen LogP contribution in [0.4, 0.5) is 0 Å². The molecule has 0 aliphatic carbocycles. The lowest BCUT2D eigenvalue weighted by atomic mass is 10.1. The van der Waals surface area contributed by atoms with Crippen molar-refractivity contribution in [2.45, 2.75) is 24.4 Å². The van der Waals surface area contributed by atoms with Crippen LogP contribution in [0.5, 0.6) is 0 Å². The number of oxazole rings is 1. The van der Waals surface area contributed by atoms with Crippen molar-refractivity contribution in [2.75, 3.05) is 0 Å². The summed E-state index contributed by atoms with van der Waals surface area (Å²) in [7, 11) is 0. The maximum absolute atomic E-state index is 13.1. The summed E-state index contributed by atoms with van der Waals surface area (Å²) in [5, 5.41) is 3.43. The van der Waals surface area contributed by atoms with Crippen molar-refractivity contribution in [3.8, 4) is 11.3 Å². The van der Waals surface area contributed by atoms with Crippen LogP contribution in [0.3, 0.4) is 0 Å². The Morgan fingerprint density at radius 1 is 1.00 bits per heavy atom. The van der Waals surface area contributed by atoms with Gasteiger partial charge in [-0.2, -0.15) is 0 Å². The molecule has 0 saturated heterocycles. The van der Waals surface area contributed by atoms with Crippen molar-refractivity contribution in [3.63, 3.8) is 0 Å². The van der Waals surface area contributed by atoms with Crippen molar-refractivity contribution < 1.29 is 4.42 Å². The van der Waals surface area contributed by atoms with Crippen LogP contribution in [-0.2, 0) is 12.3 Å². The van der Waals surface area contributed by atoms with E-state index in [0.717, 1.165) is 22.1 Å². The Morgan fingerprint density at radius 3 is 2.50 bits per heavy atom. The van der Waals surface area contributed by atoms with Gasteiger partial charge in [-0.1, -0.05) is 66.4 Å². The van der Waals surface area contributed by atoms with Gasteiger partial charge in [-0.3, -0.25) is 9.36 Å². The zero-order valence-electron chi connectivity index (χ0n) is 16.4. The molecule has 0 atom stereocenters. The Balaban J connectivity index is 1.49. The van der Waals surface area contributed by atoms with Crippen molar-refractivity contribution in [2.24, 2.45) is 0 Å². The van der Waals surface area contributed by atoms with Crippen molar-refractivity contribution in [1.29, 1.82) is 0 Å². The standard InChI is InChI=1S/C24H19N3O2S/c1-2-27-23(28)19-12-17-10-6-7-11-18(17)13-20(19)26-24(27)30-15-22-25-14-21(29-22)16-8-4-3-5-9-16/h3-14H,2,15H2,1H3. The van der Waals surface area contributed by atoms with Crippen molar-refractivity contribution >= 4 is 33.4 Å². The molecule has 5 aromatic rings. The second-order valence-corrected chi connectivity index (χ2v) is 7.88. The molecule has 2 aromatic heterocycles. The minimum atomic E-state index is -0.0202. The molecular weight excluding hydrogens is 394 g/mol. The Labute approximate surface area is 177 Å². The molecule has 5 nitrogen and oxygen atoms in total. The number of hydrogen-bond acceptors (Lipinski definition) is 5. The molecular formula is C24H19N3O2S. The van der Waals surface area contributed by atoms with Gasteiger partial charge in [0.1, 0.15) is 0 Å². The van der Waals surface area contributed by atoms with Gasteiger partial charge in [0.25, 0.3) is 5.56 Å². The van der Waals surface area contributed by atoms with Crippen LogP contribution in [0.15, 0.2) is 87.3 Å². The maximum atomic E-state index is 13.1. The molecule has 6 heteroatoms. The molecule has 30 heavy (non-hydrogen) atoms. The Morgan fingerprint density at radius 2 is 1.73 bits per heavy atom. The predicted octanol–water partition coefficient (Wildman–Crippen LogP) is 5.52. The van der Waals surface area contributed by atoms with E-state index in [-0.39, 0.29) is 5.56 Å². The molecule has 148 valence electrons. The van der Waals surface area contributed by atoms with Crippen LogP contribution in [-0.4, -0.2) is 14.5 Å². The Hall–Kier alpha value is -3.38. The van der Waals surface area contributed by atoms with E-state index in [0.29, 0.717) is 34.2 Å². The summed E-state index contributed by atoms with van der Waals surface area (Å²) in [5.74, 6) is 1.84. The molecule has 0 aliphatic heterocycles. The fourth-order valence-electron chi connectivity index (χ4n) is 3.52. The fraction of sp³-hybridized carbons (Fsp3) is 0.125. The van der Waals surface area contributed by atoms with E-state index in [1.165, 1.54) is 11.8 Å². The summed E-state index contributed by atoms with van der Waals surface area (Å²) in [6.45, 7) is 2.51. The summed E-state index contributed by atoms with van der Waals surface area (Å²) in [4.78, 5) is 22.3. The zero-order chi connectivity index (χ0) is 20.5. The zero-order valence-corrected chi connectivity index (χ0v) is 17.2. The summed E-state index contributed by atoms with van der Waals surface area (Å²) < 4.78 is 7.60. The first-order valence-corrected chi connectivity index (χ1v) is 10.8. The van der Waals surface area contributed by atoms with Gasteiger partial charge in [-0.05, 0) is 29.8 Å². The van der Waals surface area contributed by atoms with Gasteiger partial charge in [0.05, 0.1) is 22.9 Å². The summed E-state index contributed by atoms with van der Waals surface area (Å²) in [6.07, 6.45) is 1.73. The fourth-order valence-corrected chi connectivity index (χ4v) is 4.43. The van der Waals surface area contributed by atoms with Gasteiger partial charge in [0.2, 0.25) is 5.89 Å². The van der Waals surface area contributed by atoms with Crippen LogP contribution in [0.25, 0.3) is 33.0 Å². The molecule has 0 unspecified atom stereocenters. The van der Waals surface area contributed by atoms with Gasteiger partial charge < -0.3 is 4.42 Å². The highest BCUT2D eigenvalue weighted by Crippen LogP contribution is 2.26. The van der Waals surface area contributed by atoms with E-state index in [4.69, 9.17) is 9.40 Å². The number of fused-ring (bicyclic) bond motifs is 2. The average molecular weight is 414 g/mol. The van der Waals surface area contributed by atoms with Crippen LogP contribution < -0.4 is 5.56 Å². The number of hydrogen-bond donors (Lipinski definition) is 0. The highest BCUT2D eigenvalue weighted by atomic mass is 32.2. The Bertz CT molecular complexity index is 1410. The van der Waals surface area contributed by atoms with E-state index >= 15 is 0 Å². The monoisotopic (exact) mass is 413 g/mol. The van der Waals surface area contributed by atoms with Crippen LogP contribution in [0.2, 0.25) is 0 Å². The Kier molecular flexibility index (Phi) is 4.85. The molecule has 0 amide bonds.